The van der Waals surface area contributed by atoms with E-state index in [-0.39, 0.29) is 25.5 Å². The average molecular weight is 456 g/mol. The minimum Gasteiger partial charge on any atom is -0.444 e. The molecule has 182 valence electrons. The standard InChI is InChI=1S/C22H37N3O7/c1-15(13-31-4)32-21(29)23-19(27)18-22(2,3)9-10-25(18)20(28)17(12-24(30)14-26)11-16-7-5-6-8-16/h14-18,30H,5-13H2,1-4H3,(H,23,27,29)/t15-,17+,18+/m0/s1. The molecule has 0 spiro atoms. The third kappa shape index (κ3) is 6.90. The third-order valence-electron chi connectivity index (χ3n) is 6.49. The van der Waals surface area contributed by atoms with Crippen LogP contribution in [0.2, 0.25) is 0 Å². The molecule has 4 amide bonds. The van der Waals surface area contributed by atoms with Gasteiger partial charge in [-0.2, -0.15) is 0 Å². The second-order valence-corrected chi connectivity index (χ2v) is 9.64. The summed E-state index contributed by atoms with van der Waals surface area (Å²) < 4.78 is 10.0. The Bertz CT molecular complexity index is 678. The Balaban J connectivity index is 2.14. The van der Waals surface area contributed by atoms with Crippen LogP contribution in [0.15, 0.2) is 0 Å². The van der Waals surface area contributed by atoms with Crippen LogP contribution in [0.1, 0.15) is 59.3 Å². The van der Waals surface area contributed by atoms with E-state index in [4.69, 9.17) is 9.47 Å². The molecule has 1 aliphatic heterocycles. The summed E-state index contributed by atoms with van der Waals surface area (Å²) in [5, 5.41) is 12.5. The van der Waals surface area contributed by atoms with Crippen LogP contribution in [-0.2, 0) is 23.9 Å². The molecule has 32 heavy (non-hydrogen) atoms. The van der Waals surface area contributed by atoms with E-state index in [1.54, 1.807) is 6.92 Å². The van der Waals surface area contributed by atoms with Crippen LogP contribution in [0.3, 0.4) is 0 Å². The second-order valence-electron chi connectivity index (χ2n) is 9.64. The van der Waals surface area contributed by atoms with E-state index < -0.39 is 35.5 Å². The van der Waals surface area contributed by atoms with Gasteiger partial charge in [-0.1, -0.05) is 39.5 Å². The molecule has 2 N–H and O–H groups in total. The molecule has 0 unspecified atom stereocenters. The number of rotatable bonds is 10. The van der Waals surface area contributed by atoms with Crippen molar-refractivity contribution in [2.75, 3.05) is 26.8 Å². The lowest BCUT2D eigenvalue weighted by Crippen LogP contribution is -2.54. The van der Waals surface area contributed by atoms with Crippen molar-refractivity contribution in [2.24, 2.45) is 17.3 Å². The van der Waals surface area contributed by atoms with Gasteiger partial charge in [0.1, 0.15) is 12.1 Å². The number of alkyl carbamates (subject to hydrolysis) is 1. The SMILES string of the molecule is COC[C@H](C)OC(=O)NC(=O)[C@H]1N(C(=O)[C@H](CC2CCCC2)CN(O)C=O)CCC1(C)C. The topological polar surface area (TPSA) is 125 Å². The predicted molar refractivity (Wildman–Crippen MR) is 114 cm³/mol. The van der Waals surface area contributed by atoms with Crippen LogP contribution >= 0.6 is 0 Å². The highest BCUT2D eigenvalue weighted by Gasteiger charge is 2.49. The quantitative estimate of drug-likeness (QED) is 0.293. The maximum atomic E-state index is 13.5. The van der Waals surface area contributed by atoms with Crippen molar-refractivity contribution < 1.29 is 33.9 Å². The van der Waals surface area contributed by atoms with E-state index in [9.17, 15) is 24.4 Å². The number of likely N-dealkylation sites (tertiary alicyclic amines) is 1. The maximum absolute atomic E-state index is 13.5. The van der Waals surface area contributed by atoms with Crippen LogP contribution in [0.25, 0.3) is 0 Å². The highest BCUT2D eigenvalue weighted by Crippen LogP contribution is 2.38. The number of hydroxylamine groups is 2. The number of amides is 4. The summed E-state index contributed by atoms with van der Waals surface area (Å²) >= 11 is 0. The fourth-order valence-corrected chi connectivity index (χ4v) is 4.89. The van der Waals surface area contributed by atoms with Gasteiger partial charge in [0.15, 0.2) is 0 Å². The number of carbonyl (C=O) groups excluding carboxylic acids is 4. The van der Waals surface area contributed by atoms with Crippen molar-refractivity contribution in [3.05, 3.63) is 0 Å². The van der Waals surface area contributed by atoms with Gasteiger partial charge in [-0.15, -0.1) is 0 Å². The van der Waals surface area contributed by atoms with Crippen molar-refractivity contribution in [2.45, 2.75) is 71.4 Å². The van der Waals surface area contributed by atoms with E-state index in [2.05, 4.69) is 5.32 Å². The van der Waals surface area contributed by atoms with Gasteiger partial charge in [-0.25, -0.2) is 9.86 Å². The zero-order chi connectivity index (χ0) is 23.9. The van der Waals surface area contributed by atoms with Gasteiger partial charge in [0, 0.05) is 13.7 Å². The first-order valence-electron chi connectivity index (χ1n) is 11.3. The number of carbonyl (C=O) groups is 4. The highest BCUT2D eigenvalue weighted by atomic mass is 16.6. The fraction of sp³-hybridized carbons (Fsp3) is 0.818. The molecule has 10 nitrogen and oxygen atoms in total. The smallest absolute Gasteiger partial charge is 0.414 e. The number of ether oxygens (including phenoxy) is 2. The van der Waals surface area contributed by atoms with E-state index in [1.165, 1.54) is 12.0 Å². The highest BCUT2D eigenvalue weighted by molar-refractivity contribution is 5.98. The van der Waals surface area contributed by atoms with Crippen LogP contribution < -0.4 is 5.32 Å². The van der Waals surface area contributed by atoms with Crippen molar-refractivity contribution >= 4 is 24.3 Å². The second kappa shape index (κ2) is 11.6. The first-order chi connectivity index (χ1) is 15.1. The van der Waals surface area contributed by atoms with Crippen molar-refractivity contribution in [3.63, 3.8) is 0 Å². The predicted octanol–water partition coefficient (Wildman–Crippen LogP) is 1.95. The Kier molecular flexibility index (Phi) is 9.45. The van der Waals surface area contributed by atoms with E-state index >= 15 is 0 Å². The molecule has 0 aromatic heterocycles. The molecule has 1 saturated heterocycles. The molecule has 0 bridgehead atoms. The fourth-order valence-electron chi connectivity index (χ4n) is 4.89. The summed E-state index contributed by atoms with van der Waals surface area (Å²) in [6, 6.07) is -0.866. The molecule has 2 rings (SSSR count). The van der Waals surface area contributed by atoms with E-state index in [0.717, 1.165) is 25.7 Å². The number of hydrogen-bond acceptors (Lipinski definition) is 7. The zero-order valence-corrected chi connectivity index (χ0v) is 19.5. The number of methoxy groups -OCH3 is 1. The molecular formula is C22H37N3O7. The minimum atomic E-state index is -0.889. The third-order valence-corrected chi connectivity index (χ3v) is 6.49. The molecule has 1 aliphatic carbocycles. The van der Waals surface area contributed by atoms with Crippen molar-refractivity contribution in [1.82, 2.24) is 15.3 Å². The molecule has 1 saturated carbocycles. The molecule has 3 atom stereocenters. The summed E-state index contributed by atoms with van der Waals surface area (Å²) in [5.41, 5.74) is -0.556. The first kappa shape index (κ1) is 26.1. The lowest BCUT2D eigenvalue weighted by molar-refractivity contribution is -0.159. The molecule has 1 heterocycles. The van der Waals surface area contributed by atoms with Gasteiger partial charge in [0.25, 0.3) is 5.91 Å². The summed E-state index contributed by atoms with van der Waals surface area (Å²) in [6.07, 6.45) is 4.22. The van der Waals surface area contributed by atoms with Crippen molar-refractivity contribution in [3.8, 4) is 0 Å². The Hall–Kier alpha value is -2.20. The summed E-state index contributed by atoms with van der Waals surface area (Å²) in [6.45, 7) is 5.81. The Morgan fingerprint density at radius 2 is 1.94 bits per heavy atom. The molecule has 2 fully saturated rings. The van der Waals surface area contributed by atoms with Crippen LogP contribution in [-0.4, -0.2) is 78.4 Å². The Morgan fingerprint density at radius 1 is 1.28 bits per heavy atom. The monoisotopic (exact) mass is 455 g/mol. The zero-order valence-electron chi connectivity index (χ0n) is 19.5. The Morgan fingerprint density at radius 3 is 2.53 bits per heavy atom. The lowest BCUT2D eigenvalue weighted by Gasteiger charge is -2.34. The van der Waals surface area contributed by atoms with Crippen molar-refractivity contribution in [1.29, 1.82) is 0 Å². The van der Waals surface area contributed by atoms with E-state index in [0.29, 0.717) is 30.4 Å². The average Bonchev–Trinajstić information content (AvgIpc) is 3.33. The number of imide groups is 1. The first-order valence-corrected chi connectivity index (χ1v) is 11.3. The molecular weight excluding hydrogens is 418 g/mol. The molecule has 0 aromatic rings. The van der Waals surface area contributed by atoms with Crippen LogP contribution in [0.5, 0.6) is 0 Å². The van der Waals surface area contributed by atoms with Crippen LogP contribution in [0.4, 0.5) is 4.79 Å². The molecule has 10 heteroatoms. The summed E-state index contributed by atoms with van der Waals surface area (Å²) in [7, 11) is 1.48. The van der Waals surface area contributed by atoms with Gasteiger partial charge in [-0.05, 0) is 31.1 Å². The lowest BCUT2D eigenvalue weighted by atomic mass is 9.83. The van der Waals surface area contributed by atoms with Crippen LogP contribution in [0, 0.1) is 17.3 Å². The molecule has 0 aromatic carbocycles. The summed E-state index contributed by atoms with van der Waals surface area (Å²) in [5.74, 6) is -1.16. The minimum absolute atomic E-state index is 0.124. The number of nitrogens with one attached hydrogen (secondary N) is 1. The van der Waals surface area contributed by atoms with Gasteiger partial charge in [0.2, 0.25) is 12.3 Å². The molecule has 2 aliphatic rings. The van der Waals surface area contributed by atoms with Gasteiger partial charge in [0.05, 0.1) is 19.1 Å². The number of hydrogen-bond donors (Lipinski definition) is 2. The van der Waals surface area contributed by atoms with Gasteiger partial charge >= 0.3 is 6.09 Å². The Labute approximate surface area is 189 Å². The van der Waals surface area contributed by atoms with Gasteiger partial charge in [-0.3, -0.25) is 24.9 Å². The maximum Gasteiger partial charge on any atom is 0.414 e. The van der Waals surface area contributed by atoms with Gasteiger partial charge < -0.3 is 14.4 Å². The number of nitrogens with zero attached hydrogens (tertiary/aromatic N) is 2. The van der Waals surface area contributed by atoms with E-state index in [1.807, 2.05) is 13.8 Å². The molecule has 0 radical (unpaired) electrons. The normalized spacial score (nSPS) is 22.3. The largest absolute Gasteiger partial charge is 0.444 e. The summed E-state index contributed by atoms with van der Waals surface area (Å²) in [4.78, 5) is 51.1.